The minimum atomic E-state index is 0.0568. The molecule has 2 saturated heterocycles. The van der Waals surface area contributed by atoms with E-state index in [1.807, 2.05) is 42.3 Å². The summed E-state index contributed by atoms with van der Waals surface area (Å²) in [5.41, 5.74) is 4.90. The molecule has 0 radical (unpaired) electrons. The maximum absolute atomic E-state index is 13.3. The van der Waals surface area contributed by atoms with Crippen LogP contribution in [-0.2, 0) is 24.8 Å². The van der Waals surface area contributed by atoms with Crippen LogP contribution in [0.15, 0.2) is 55.0 Å². The molecule has 0 amide bonds. The van der Waals surface area contributed by atoms with E-state index in [4.69, 9.17) is 4.74 Å². The summed E-state index contributed by atoms with van der Waals surface area (Å²) in [6.45, 7) is 11.5. The third-order valence-electron chi connectivity index (χ3n) is 8.27. The van der Waals surface area contributed by atoms with Gasteiger partial charge in [0.1, 0.15) is 5.82 Å². The van der Waals surface area contributed by atoms with Gasteiger partial charge < -0.3 is 9.64 Å². The fourth-order valence-electron chi connectivity index (χ4n) is 5.86. The smallest absolute Gasteiger partial charge is 0.169 e. The Kier molecular flexibility index (Phi) is 8.36. The van der Waals surface area contributed by atoms with E-state index in [2.05, 4.69) is 54.9 Å². The Morgan fingerprint density at radius 1 is 0.902 bits per heavy atom. The number of anilines is 1. The van der Waals surface area contributed by atoms with Crippen molar-refractivity contribution in [3.63, 3.8) is 0 Å². The maximum atomic E-state index is 13.3. The lowest BCUT2D eigenvalue weighted by Crippen LogP contribution is -2.46. The minimum absolute atomic E-state index is 0.0568. The van der Waals surface area contributed by atoms with E-state index in [1.54, 1.807) is 6.20 Å². The summed E-state index contributed by atoms with van der Waals surface area (Å²) < 4.78 is 7.49. The SMILES string of the molecule is CCCN1CCN(c2cc(C(=O)Cc3cc4cc(-c5cnn(C)c5CN5CCOCC5)ccc4cn3)ccn2)CC1. The van der Waals surface area contributed by atoms with Crippen LogP contribution in [0.1, 0.15) is 35.1 Å². The number of carbonyl (C=O) groups is 1. The molecule has 0 unspecified atom stereocenters. The Balaban J connectivity index is 1.18. The second-order valence-corrected chi connectivity index (χ2v) is 11.1. The lowest BCUT2D eigenvalue weighted by Gasteiger charge is -2.35. The molecule has 0 N–H and O–H groups in total. The Hall–Kier alpha value is -3.66. The van der Waals surface area contributed by atoms with E-state index < -0.39 is 0 Å². The molecule has 2 aliphatic rings. The quantitative estimate of drug-likeness (QED) is 0.290. The molecule has 4 aromatic rings. The van der Waals surface area contributed by atoms with Crippen LogP contribution in [-0.4, -0.2) is 94.4 Å². The highest BCUT2D eigenvalue weighted by Gasteiger charge is 2.20. The zero-order valence-corrected chi connectivity index (χ0v) is 24.1. The third kappa shape index (κ3) is 6.32. The van der Waals surface area contributed by atoms with Gasteiger partial charge in [-0.05, 0) is 48.2 Å². The van der Waals surface area contributed by atoms with E-state index in [0.717, 1.165) is 99.0 Å². The number of aryl methyl sites for hydroxylation is 1. The van der Waals surface area contributed by atoms with Crippen LogP contribution in [0.4, 0.5) is 5.82 Å². The number of hydrogen-bond donors (Lipinski definition) is 0. The first-order valence-corrected chi connectivity index (χ1v) is 14.7. The van der Waals surface area contributed by atoms with E-state index in [-0.39, 0.29) is 12.2 Å². The van der Waals surface area contributed by atoms with Gasteiger partial charge in [0.05, 0.1) is 31.5 Å². The first-order chi connectivity index (χ1) is 20.1. The topological polar surface area (TPSA) is 79.6 Å². The molecule has 9 heteroatoms. The molecule has 1 aromatic carbocycles. The van der Waals surface area contributed by atoms with Crippen LogP contribution in [0.2, 0.25) is 0 Å². The molecule has 41 heavy (non-hydrogen) atoms. The third-order valence-corrected chi connectivity index (χ3v) is 8.27. The van der Waals surface area contributed by atoms with Crippen molar-refractivity contribution in [2.75, 3.05) is 63.9 Å². The van der Waals surface area contributed by atoms with Gasteiger partial charge in [0.15, 0.2) is 5.78 Å². The molecule has 0 bridgehead atoms. The Morgan fingerprint density at radius 2 is 1.73 bits per heavy atom. The number of carbonyl (C=O) groups excluding carboxylic acids is 1. The number of ether oxygens (including phenoxy) is 1. The van der Waals surface area contributed by atoms with Crippen LogP contribution >= 0.6 is 0 Å². The van der Waals surface area contributed by atoms with Gasteiger partial charge in [0, 0.05) is 87.5 Å². The number of aromatic nitrogens is 4. The van der Waals surface area contributed by atoms with E-state index in [1.165, 1.54) is 12.1 Å². The molecule has 0 atom stereocenters. The van der Waals surface area contributed by atoms with Gasteiger partial charge in [0.25, 0.3) is 0 Å². The first-order valence-electron chi connectivity index (χ1n) is 14.7. The van der Waals surface area contributed by atoms with Crippen molar-refractivity contribution in [3.8, 4) is 11.1 Å². The predicted molar refractivity (Wildman–Crippen MR) is 161 cm³/mol. The second kappa shape index (κ2) is 12.5. The fourth-order valence-corrected chi connectivity index (χ4v) is 5.86. The molecule has 0 saturated carbocycles. The highest BCUT2D eigenvalue weighted by atomic mass is 16.5. The molecular formula is C32H39N7O2. The molecule has 0 aliphatic carbocycles. The van der Waals surface area contributed by atoms with Gasteiger partial charge in [-0.3, -0.25) is 24.3 Å². The highest BCUT2D eigenvalue weighted by Crippen LogP contribution is 2.28. The lowest BCUT2D eigenvalue weighted by atomic mass is 10.0. The number of morpholine rings is 1. The molecule has 2 fully saturated rings. The normalized spacial score (nSPS) is 16.9. The second-order valence-electron chi connectivity index (χ2n) is 11.1. The van der Waals surface area contributed by atoms with Crippen molar-refractivity contribution in [2.45, 2.75) is 26.3 Å². The van der Waals surface area contributed by atoms with Crippen molar-refractivity contribution >= 4 is 22.4 Å². The van der Waals surface area contributed by atoms with E-state index in [0.29, 0.717) is 5.56 Å². The molecule has 2 aliphatic heterocycles. The van der Waals surface area contributed by atoms with Crippen molar-refractivity contribution in [2.24, 2.45) is 7.05 Å². The standard InChI is InChI=1S/C32H39N7O2/c1-3-8-37-9-11-39(12-10-37)32-19-25(6-7-33-32)31(40)20-28-18-27-17-24(4-5-26(27)21-34-28)29-22-35-36(2)30(29)23-38-13-15-41-16-14-38/h4-7,17-19,21-22H,3,8-16,20,23H2,1-2H3. The van der Waals surface area contributed by atoms with Crippen LogP contribution in [0.25, 0.3) is 21.9 Å². The van der Waals surface area contributed by atoms with Crippen molar-refractivity contribution in [1.29, 1.82) is 0 Å². The largest absolute Gasteiger partial charge is 0.379 e. The average Bonchev–Trinajstić information content (AvgIpc) is 3.37. The summed E-state index contributed by atoms with van der Waals surface area (Å²) in [5, 5.41) is 6.70. The zero-order chi connectivity index (χ0) is 28.2. The minimum Gasteiger partial charge on any atom is -0.379 e. The monoisotopic (exact) mass is 553 g/mol. The Labute approximate surface area is 241 Å². The number of nitrogens with zero attached hydrogens (tertiary/aromatic N) is 7. The van der Waals surface area contributed by atoms with Crippen molar-refractivity contribution in [3.05, 3.63) is 71.9 Å². The van der Waals surface area contributed by atoms with Gasteiger partial charge in [-0.2, -0.15) is 5.10 Å². The van der Waals surface area contributed by atoms with Crippen LogP contribution in [0.5, 0.6) is 0 Å². The van der Waals surface area contributed by atoms with Crippen molar-refractivity contribution in [1.82, 2.24) is 29.5 Å². The summed E-state index contributed by atoms with van der Waals surface area (Å²) in [6.07, 6.45) is 7.00. The number of piperazine rings is 1. The molecule has 5 heterocycles. The summed E-state index contributed by atoms with van der Waals surface area (Å²) >= 11 is 0. The zero-order valence-electron chi connectivity index (χ0n) is 24.1. The molecule has 9 nitrogen and oxygen atoms in total. The number of rotatable bonds is 9. The number of hydrogen-bond acceptors (Lipinski definition) is 8. The molecule has 6 rings (SSSR count). The van der Waals surface area contributed by atoms with E-state index in [9.17, 15) is 4.79 Å². The number of pyridine rings is 2. The Morgan fingerprint density at radius 3 is 2.54 bits per heavy atom. The number of Topliss-reactive ketones (excluding diaryl/α,β-unsaturated/α-hetero) is 1. The van der Waals surface area contributed by atoms with Crippen molar-refractivity contribution < 1.29 is 9.53 Å². The predicted octanol–water partition coefficient (Wildman–Crippen LogP) is 3.82. The average molecular weight is 554 g/mol. The lowest BCUT2D eigenvalue weighted by molar-refractivity contribution is 0.0332. The summed E-state index contributed by atoms with van der Waals surface area (Å²) in [6, 6.07) is 12.2. The van der Waals surface area contributed by atoms with Crippen LogP contribution < -0.4 is 4.90 Å². The van der Waals surface area contributed by atoms with E-state index >= 15 is 0 Å². The number of ketones is 1. The molecular weight excluding hydrogens is 514 g/mol. The Bertz CT molecular complexity index is 1500. The fraction of sp³-hybridized carbons (Fsp3) is 0.438. The molecule has 3 aromatic heterocycles. The maximum Gasteiger partial charge on any atom is 0.169 e. The summed E-state index contributed by atoms with van der Waals surface area (Å²) in [7, 11) is 2.00. The van der Waals surface area contributed by atoms with Gasteiger partial charge in [-0.25, -0.2) is 4.98 Å². The van der Waals surface area contributed by atoms with Gasteiger partial charge >= 0.3 is 0 Å². The summed E-state index contributed by atoms with van der Waals surface area (Å²) in [4.78, 5) is 29.7. The summed E-state index contributed by atoms with van der Waals surface area (Å²) in [5.74, 6) is 0.939. The number of benzene rings is 1. The van der Waals surface area contributed by atoms with Gasteiger partial charge in [0.2, 0.25) is 0 Å². The first kappa shape index (κ1) is 27.5. The van der Waals surface area contributed by atoms with Gasteiger partial charge in [-0.15, -0.1) is 0 Å². The van der Waals surface area contributed by atoms with Crippen LogP contribution in [0.3, 0.4) is 0 Å². The van der Waals surface area contributed by atoms with Gasteiger partial charge in [-0.1, -0.05) is 19.1 Å². The highest BCUT2D eigenvalue weighted by molar-refractivity contribution is 5.98. The molecule has 0 spiro atoms. The molecule has 214 valence electrons. The number of fused-ring (bicyclic) bond motifs is 1. The van der Waals surface area contributed by atoms with Crippen LogP contribution in [0, 0.1) is 0 Å².